The molecular formula is C16H16ClN5OS. The van der Waals surface area contributed by atoms with E-state index in [1.807, 2.05) is 0 Å². The molecule has 3 aliphatic rings. The van der Waals surface area contributed by atoms with Crippen molar-refractivity contribution in [3.05, 3.63) is 33.6 Å². The van der Waals surface area contributed by atoms with Crippen LogP contribution in [0.2, 0.25) is 5.02 Å². The first-order valence-electron chi connectivity index (χ1n) is 8.16. The van der Waals surface area contributed by atoms with Crippen molar-refractivity contribution in [1.82, 2.24) is 25.1 Å². The van der Waals surface area contributed by atoms with Crippen molar-refractivity contribution in [3.8, 4) is 10.4 Å². The largest absolute Gasteiger partial charge is 0.308 e. The van der Waals surface area contributed by atoms with Crippen LogP contribution < -0.4 is 5.56 Å². The summed E-state index contributed by atoms with van der Waals surface area (Å²) in [6.07, 6.45) is 7.07. The van der Waals surface area contributed by atoms with Crippen LogP contribution in [-0.4, -0.2) is 38.2 Å². The second-order valence-electron chi connectivity index (χ2n) is 6.59. The molecule has 8 heteroatoms. The highest BCUT2D eigenvalue weighted by Gasteiger charge is 2.36. The number of hydrogen-bond acceptors (Lipinski definition) is 5. The van der Waals surface area contributed by atoms with E-state index in [9.17, 15) is 4.79 Å². The number of piperidine rings is 3. The predicted octanol–water partition coefficient (Wildman–Crippen LogP) is 3.18. The smallest absolute Gasteiger partial charge is 0.268 e. The zero-order chi connectivity index (χ0) is 16.3. The van der Waals surface area contributed by atoms with Gasteiger partial charge in [0.25, 0.3) is 5.56 Å². The molecule has 2 bridgehead atoms. The van der Waals surface area contributed by atoms with E-state index in [0.717, 1.165) is 41.7 Å². The normalized spacial score (nSPS) is 26.3. The number of hydrogen-bond donors (Lipinski definition) is 2. The van der Waals surface area contributed by atoms with Gasteiger partial charge < -0.3 is 4.98 Å². The molecule has 3 fully saturated rings. The number of halogens is 1. The molecule has 0 unspecified atom stereocenters. The highest BCUT2D eigenvalue weighted by atomic mass is 35.5. The molecule has 24 heavy (non-hydrogen) atoms. The number of nitrogens with zero attached hydrogens (tertiary/aromatic N) is 3. The van der Waals surface area contributed by atoms with Gasteiger partial charge in [-0.3, -0.25) is 14.8 Å². The lowest BCUT2D eigenvalue weighted by Crippen LogP contribution is -2.44. The van der Waals surface area contributed by atoms with Crippen LogP contribution >= 0.6 is 22.9 Å². The summed E-state index contributed by atoms with van der Waals surface area (Å²) >= 11 is 7.92. The van der Waals surface area contributed by atoms with Gasteiger partial charge in [-0.05, 0) is 38.3 Å². The number of aromatic amines is 2. The van der Waals surface area contributed by atoms with Crippen LogP contribution in [-0.2, 0) is 0 Å². The Hall–Kier alpha value is -1.70. The average Bonchev–Trinajstić information content (AvgIpc) is 3.25. The number of nitrogens with one attached hydrogen (secondary N) is 2. The van der Waals surface area contributed by atoms with E-state index in [1.54, 1.807) is 12.4 Å². The summed E-state index contributed by atoms with van der Waals surface area (Å²) in [5.41, 5.74) is 1.39. The van der Waals surface area contributed by atoms with Crippen molar-refractivity contribution in [2.24, 2.45) is 5.92 Å². The van der Waals surface area contributed by atoms with Crippen LogP contribution in [0.1, 0.15) is 31.1 Å². The molecule has 3 aromatic heterocycles. The molecule has 124 valence electrons. The molecule has 3 aliphatic heterocycles. The fraction of sp³-hybridized carbons (Fsp3) is 0.438. The first-order chi connectivity index (χ1) is 11.7. The van der Waals surface area contributed by atoms with Crippen molar-refractivity contribution in [2.75, 3.05) is 13.1 Å². The summed E-state index contributed by atoms with van der Waals surface area (Å²) in [4.78, 5) is 23.6. The van der Waals surface area contributed by atoms with E-state index < -0.39 is 0 Å². The first-order valence-corrected chi connectivity index (χ1v) is 9.35. The van der Waals surface area contributed by atoms with Gasteiger partial charge in [0.15, 0.2) is 0 Å². The Labute approximate surface area is 146 Å². The maximum absolute atomic E-state index is 12.6. The summed E-state index contributed by atoms with van der Waals surface area (Å²) in [6, 6.07) is 0.211. The highest BCUT2D eigenvalue weighted by Crippen LogP contribution is 2.42. The summed E-state index contributed by atoms with van der Waals surface area (Å²) < 4.78 is 0.580. The number of aromatic nitrogens is 4. The third-order valence-electron chi connectivity index (χ3n) is 5.23. The minimum absolute atomic E-state index is 0.0979. The standard InChI is InChI=1S/C16H16ClN5OS/c17-11-12-14(24-13(11)9-6-18-19-7-9)16(23)21-15(20-12)10-5-8-1-3-22(10)4-2-8/h6-8,10H,1-5H2,(H,18,19)(H,20,21,23)/t10-/m1/s1. The molecular weight excluding hydrogens is 346 g/mol. The van der Waals surface area contributed by atoms with Gasteiger partial charge in [-0.2, -0.15) is 5.10 Å². The van der Waals surface area contributed by atoms with Crippen molar-refractivity contribution in [3.63, 3.8) is 0 Å². The fourth-order valence-corrected chi connectivity index (χ4v) is 5.37. The molecule has 1 atom stereocenters. The second-order valence-corrected chi connectivity index (χ2v) is 7.99. The molecule has 6 heterocycles. The Morgan fingerprint density at radius 1 is 1.33 bits per heavy atom. The number of fused-ring (bicyclic) bond motifs is 4. The topological polar surface area (TPSA) is 77.7 Å². The van der Waals surface area contributed by atoms with E-state index in [-0.39, 0.29) is 11.6 Å². The van der Waals surface area contributed by atoms with Crippen LogP contribution in [0.15, 0.2) is 17.2 Å². The minimum atomic E-state index is -0.0979. The lowest BCUT2D eigenvalue weighted by Gasteiger charge is -2.44. The van der Waals surface area contributed by atoms with Gasteiger partial charge in [-0.25, -0.2) is 4.98 Å². The van der Waals surface area contributed by atoms with Gasteiger partial charge in [0.2, 0.25) is 0 Å². The van der Waals surface area contributed by atoms with Crippen LogP contribution in [0.3, 0.4) is 0 Å². The van der Waals surface area contributed by atoms with Crippen LogP contribution in [0.25, 0.3) is 20.7 Å². The van der Waals surface area contributed by atoms with Gasteiger partial charge in [0.05, 0.1) is 22.1 Å². The number of H-pyrrole nitrogens is 2. The SMILES string of the molecule is O=c1[nH]c([C@H]2CC3CCN2CC3)nc2c(Cl)c(-c3cn[nH]c3)sc12. The molecule has 0 spiro atoms. The van der Waals surface area contributed by atoms with Gasteiger partial charge in [0, 0.05) is 11.8 Å². The lowest BCUT2D eigenvalue weighted by atomic mass is 9.83. The van der Waals surface area contributed by atoms with Gasteiger partial charge in [-0.15, -0.1) is 11.3 Å². The minimum Gasteiger partial charge on any atom is -0.308 e. The summed E-state index contributed by atoms with van der Waals surface area (Å²) in [5, 5.41) is 7.28. The Bertz CT molecular complexity index is 955. The molecule has 3 saturated heterocycles. The van der Waals surface area contributed by atoms with Gasteiger partial charge >= 0.3 is 0 Å². The van der Waals surface area contributed by atoms with Crippen molar-refractivity contribution < 1.29 is 0 Å². The summed E-state index contributed by atoms with van der Waals surface area (Å²) in [6.45, 7) is 2.18. The van der Waals surface area contributed by atoms with Crippen molar-refractivity contribution in [2.45, 2.75) is 25.3 Å². The zero-order valence-corrected chi connectivity index (χ0v) is 14.5. The van der Waals surface area contributed by atoms with E-state index >= 15 is 0 Å². The van der Waals surface area contributed by atoms with Gasteiger partial charge in [0.1, 0.15) is 16.0 Å². The van der Waals surface area contributed by atoms with Crippen LogP contribution in [0.5, 0.6) is 0 Å². The zero-order valence-electron chi connectivity index (χ0n) is 12.9. The molecule has 3 aromatic rings. The predicted molar refractivity (Wildman–Crippen MR) is 94.5 cm³/mol. The molecule has 0 aliphatic carbocycles. The first kappa shape index (κ1) is 14.6. The highest BCUT2D eigenvalue weighted by molar-refractivity contribution is 7.23. The van der Waals surface area contributed by atoms with E-state index in [0.29, 0.717) is 15.2 Å². The summed E-state index contributed by atoms with van der Waals surface area (Å²) in [5.74, 6) is 1.51. The van der Waals surface area contributed by atoms with E-state index in [2.05, 4.69) is 20.1 Å². The third-order valence-corrected chi connectivity index (χ3v) is 6.94. The van der Waals surface area contributed by atoms with Crippen molar-refractivity contribution >= 4 is 33.2 Å². The Morgan fingerprint density at radius 3 is 2.83 bits per heavy atom. The molecule has 2 N–H and O–H groups in total. The van der Waals surface area contributed by atoms with Crippen LogP contribution in [0, 0.1) is 5.92 Å². The molecule has 0 radical (unpaired) electrons. The molecule has 6 nitrogen and oxygen atoms in total. The maximum Gasteiger partial charge on any atom is 0.268 e. The monoisotopic (exact) mass is 361 g/mol. The maximum atomic E-state index is 12.6. The lowest BCUT2D eigenvalue weighted by molar-refractivity contribution is 0.0445. The number of rotatable bonds is 2. The summed E-state index contributed by atoms with van der Waals surface area (Å²) in [7, 11) is 0. The second kappa shape index (κ2) is 5.40. The molecule has 0 saturated carbocycles. The average molecular weight is 362 g/mol. The molecule has 0 amide bonds. The molecule has 6 rings (SSSR count). The fourth-order valence-electron chi connectivity index (χ4n) is 3.95. The quantitative estimate of drug-likeness (QED) is 0.734. The Morgan fingerprint density at radius 2 is 2.17 bits per heavy atom. The number of thiophene rings is 1. The van der Waals surface area contributed by atoms with E-state index in [1.165, 1.54) is 24.2 Å². The van der Waals surface area contributed by atoms with Crippen LogP contribution in [0.4, 0.5) is 0 Å². The molecule has 0 aromatic carbocycles. The van der Waals surface area contributed by atoms with E-state index in [4.69, 9.17) is 16.6 Å². The Balaban J connectivity index is 1.65. The Kier molecular flexibility index (Phi) is 3.29. The van der Waals surface area contributed by atoms with Crippen molar-refractivity contribution in [1.29, 1.82) is 0 Å². The third kappa shape index (κ3) is 2.15. The van der Waals surface area contributed by atoms with Gasteiger partial charge in [-0.1, -0.05) is 11.6 Å².